The molecule has 0 spiro atoms. The predicted molar refractivity (Wildman–Crippen MR) is 108 cm³/mol. The summed E-state index contributed by atoms with van der Waals surface area (Å²) < 4.78 is 0. The number of hydrogen-bond donors (Lipinski definition) is 1. The Bertz CT molecular complexity index is 935. The van der Waals surface area contributed by atoms with Gasteiger partial charge in [0.2, 0.25) is 0 Å². The molecule has 0 aliphatic carbocycles. The molecule has 136 valence electrons. The number of para-hydroxylation sites is 1. The largest absolute Gasteiger partial charge is 0.339 e. The molecule has 0 unspecified atom stereocenters. The van der Waals surface area contributed by atoms with Crippen LogP contribution in [0.15, 0.2) is 60.9 Å². The van der Waals surface area contributed by atoms with Gasteiger partial charge in [-0.25, -0.2) is 9.97 Å². The third-order valence-electron chi connectivity index (χ3n) is 4.86. The van der Waals surface area contributed by atoms with E-state index in [0.29, 0.717) is 18.1 Å². The minimum Gasteiger partial charge on any atom is -0.339 e. The molecule has 3 aromatic rings. The zero-order chi connectivity index (χ0) is 18.6. The number of carbonyl (C=O) groups excluding carboxylic acids is 1. The molecule has 0 atom stereocenters. The third-order valence-corrected chi connectivity index (χ3v) is 4.86. The first-order valence-corrected chi connectivity index (χ1v) is 9.32. The van der Waals surface area contributed by atoms with E-state index in [1.165, 1.54) is 11.1 Å². The molecule has 0 saturated carbocycles. The van der Waals surface area contributed by atoms with Crippen molar-refractivity contribution in [1.29, 1.82) is 0 Å². The molecular formula is C22H22N4O. The van der Waals surface area contributed by atoms with Crippen LogP contribution in [0, 0.1) is 0 Å². The number of aromatic nitrogens is 2. The minimum atomic E-state index is -0.103. The highest BCUT2D eigenvalue weighted by Gasteiger charge is 2.24. The molecule has 2 aromatic carbocycles. The van der Waals surface area contributed by atoms with Crippen molar-refractivity contribution >= 4 is 23.1 Å². The van der Waals surface area contributed by atoms with Crippen molar-refractivity contribution in [2.24, 2.45) is 0 Å². The average Bonchev–Trinajstić information content (AvgIpc) is 2.74. The van der Waals surface area contributed by atoms with Crippen LogP contribution in [0.5, 0.6) is 0 Å². The highest BCUT2D eigenvalue weighted by Crippen LogP contribution is 2.27. The van der Waals surface area contributed by atoms with Crippen LogP contribution in [-0.4, -0.2) is 22.4 Å². The van der Waals surface area contributed by atoms with Crippen molar-refractivity contribution in [2.75, 3.05) is 16.8 Å². The summed E-state index contributed by atoms with van der Waals surface area (Å²) in [4.78, 5) is 23.4. The van der Waals surface area contributed by atoms with Crippen LogP contribution in [-0.2, 0) is 12.8 Å². The Hall–Kier alpha value is -3.21. The zero-order valence-electron chi connectivity index (χ0n) is 15.4. The van der Waals surface area contributed by atoms with Gasteiger partial charge in [0.05, 0.1) is 12.4 Å². The van der Waals surface area contributed by atoms with Crippen LogP contribution in [0.1, 0.15) is 35.0 Å². The Kier molecular flexibility index (Phi) is 4.83. The van der Waals surface area contributed by atoms with Crippen molar-refractivity contribution in [3.05, 3.63) is 77.7 Å². The summed E-state index contributed by atoms with van der Waals surface area (Å²) in [6.45, 7) is 2.84. The lowest BCUT2D eigenvalue weighted by Crippen LogP contribution is -2.36. The molecule has 1 aliphatic rings. The van der Waals surface area contributed by atoms with Crippen LogP contribution in [0.25, 0.3) is 0 Å². The quantitative estimate of drug-likeness (QED) is 0.752. The fourth-order valence-corrected chi connectivity index (χ4v) is 3.36. The van der Waals surface area contributed by atoms with Gasteiger partial charge in [-0.15, -0.1) is 0 Å². The first kappa shape index (κ1) is 17.2. The zero-order valence-corrected chi connectivity index (χ0v) is 15.4. The van der Waals surface area contributed by atoms with Crippen LogP contribution in [0.4, 0.5) is 17.2 Å². The maximum Gasteiger partial charge on any atom is 0.278 e. The Morgan fingerprint density at radius 2 is 1.89 bits per heavy atom. The van der Waals surface area contributed by atoms with Gasteiger partial charge in [0, 0.05) is 17.9 Å². The van der Waals surface area contributed by atoms with Gasteiger partial charge in [0.15, 0.2) is 0 Å². The Labute approximate surface area is 159 Å². The van der Waals surface area contributed by atoms with E-state index in [9.17, 15) is 4.79 Å². The third kappa shape index (κ3) is 3.67. The maximum absolute atomic E-state index is 12.9. The molecule has 0 saturated heterocycles. The number of nitrogens with zero attached hydrogens (tertiary/aromatic N) is 3. The molecule has 1 N–H and O–H groups in total. The van der Waals surface area contributed by atoms with E-state index in [-0.39, 0.29) is 5.91 Å². The number of carbonyl (C=O) groups is 1. The van der Waals surface area contributed by atoms with Gasteiger partial charge in [-0.3, -0.25) is 4.79 Å². The first-order valence-electron chi connectivity index (χ1n) is 9.32. The van der Waals surface area contributed by atoms with E-state index in [2.05, 4.69) is 40.4 Å². The van der Waals surface area contributed by atoms with Crippen molar-refractivity contribution < 1.29 is 4.79 Å². The summed E-state index contributed by atoms with van der Waals surface area (Å²) in [7, 11) is 0. The molecule has 1 aliphatic heterocycles. The van der Waals surface area contributed by atoms with E-state index >= 15 is 0 Å². The Morgan fingerprint density at radius 1 is 1.07 bits per heavy atom. The molecular weight excluding hydrogens is 336 g/mol. The highest BCUT2D eigenvalue weighted by atomic mass is 16.2. The van der Waals surface area contributed by atoms with Crippen LogP contribution >= 0.6 is 0 Å². The molecule has 5 heteroatoms. The highest BCUT2D eigenvalue weighted by molar-refractivity contribution is 6.05. The predicted octanol–water partition coefficient (Wildman–Crippen LogP) is 4.38. The van der Waals surface area contributed by atoms with Crippen LogP contribution in [0.2, 0.25) is 0 Å². The van der Waals surface area contributed by atoms with Gasteiger partial charge < -0.3 is 10.2 Å². The number of benzene rings is 2. The van der Waals surface area contributed by atoms with E-state index in [0.717, 1.165) is 30.6 Å². The smallest absolute Gasteiger partial charge is 0.278 e. The SMILES string of the molecule is CCc1ccc(Nc2cnc(C(=O)N3CCCc4ccccc43)cn2)cc1. The van der Waals surface area contributed by atoms with Crippen molar-refractivity contribution in [3.63, 3.8) is 0 Å². The summed E-state index contributed by atoms with van der Waals surface area (Å²) in [5, 5.41) is 3.22. The molecule has 0 fully saturated rings. The lowest BCUT2D eigenvalue weighted by molar-refractivity contribution is 0.0980. The maximum atomic E-state index is 12.9. The lowest BCUT2D eigenvalue weighted by atomic mass is 10.0. The van der Waals surface area contributed by atoms with Gasteiger partial charge in [0.25, 0.3) is 5.91 Å². The van der Waals surface area contributed by atoms with Gasteiger partial charge in [-0.1, -0.05) is 37.3 Å². The summed E-state index contributed by atoms with van der Waals surface area (Å²) in [5.74, 6) is 0.517. The van der Waals surface area contributed by atoms with Gasteiger partial charge in [0.1, 0.15) is 11.5 Å². The van der Waals surface area contributed by atoms with Crippen molar-refractivity contribution in [3.8, 4) is 0 Å². The van der Waals surface area contributed by atoms with Gasteiger partial charge >= 0.3 is 0 Å². The average molecular weight is 358 g/mol. The Balaban J connectivity index is 1.49. The summed E-state index contributed by atoms with van der Waals surface area (Å²) in [6, 6.07) is 16.3. The summed E-state index contributed by atoms with van der Waals surface area (Å²) in [6.07, 6.45) is 6.13. The number of nitrogens with one attached hydrogen (secondary N) is 1. The molecule has 0 bridgehead atoms. The summed E-state index contributed by atoms with van der Waals surface area (Å²) in [5.41, 5.74) is 4.78. The van der Waals surface area contributed by atoms with E-state index in [4.69, 9.17) is 0 Å². The lowest BCUT2D eigenvalue weighted by Gasteiger charge is -2.29. The van der Waals surface area contributed by atoms with Gasteiger partial charge in [-0.05, 0) is 48.6 Å². The number of aryl methyl sites for hydroxylation is 2. The van der Waals surface area contributed by atoms with E-state index < -0.39 is 0 Å². The number of hydrogen-bond acceptors (Lipinski definition) is 4. The molecule has 0 radical (unpaired) electrons. The normalized spacial score (nSPS) is 13.1. The fourth-order valence-electron chi connectivity index (χ4n) is 3.36. The van der Waals surface area contributed by atoms with Crippen LogP contribution < -0.4 is 10.2 Å². The second-order valence-corrected chi connectivity index (χ2v) is 6.65. The number of amides is 1. The van der Waals surface area contributed by atoms with Crippen molar-refractivity contribution in [2.45, 2.75) is 26.2 Å². The molecule has 1 amide bonds. The fraction of sp³-hybridized carbons (Fsp3) is 0.227. The molecule has 4 rings (SSSR count). The topological polar surface area (TPSA) is 58.1 Å². The monoisotopic (exact) mass is 358 g/mol. The Morgan fingerprint density at radius 3 is 2.63 bits per heavy atom. The first-order chi connectivity index (χ1) is 13.2. The van der Waals surface area contributed by atoms with Gasteiger partial charge in [-0.2, -0.15) is 0 Å². The molecule has 27 heavy (non-hydrogen) atoms. The second-order valence-electron chi connectivity index (χ2n) is 6.65. The van der Waals surface area contributed by atoms with E-state index in [1.54, 1.807) is 17.3 Å². The van der Waals surface area contributed by atoms with E-state index in [1.807, 2.05) is 30.3 Å². The number of fused-ring (bicyclic) bond motifs is 1. The van der Waals surface area contributed by atoms with Crippen LogP contribution in [0.3, 0.4) is 0 Å². The second kappa shape index (κ2) is 7.58. The number of rotatable bonds is 4. The van der Waals surface area contributed by atoms with Crippen molar-refractivity contribution in [1.82, 2.24) is 9.97 Å². The molecule has 1 aromatic heterocycles. The molecule has 5 nitrogen and oxygen atoms in total. The summed E-state index contributed by atoms with van der Waals surface area (Å²) >= 11 is 0. The number of anilines is 3. The molecule has 2 heterocycles. The standard InChI is InChI=1S/C22H22N4O/c1-2-16-9-11-18(12-10-16)25-21-15-23-19(14-24-21)22(27)26-13-5-7-17-6-3-4-8-20(17)26/h3-4,6,8-12,14-15H,2,5,7,13H2,1H3,(H,24,25). The minimum absolute atomic E-state index is 0.103.